The van der Waals surface area contributed by atoms with Crippen LogP contribution in [0.3, 0.4) is 0 Å². The molecule has 1 unspecified atom stereocenters. The molecule has 7 atom stereocenters. The molecule has 3 aliphatic carbocycles. The third-order valence-corrected chi connectivity index (χ3v) is 13.7. The molecule has 6 nitrogen and oxygen atoms in total. The number of fused-ring (bicyclic) bond motifs is 5. The van der Waals surface area contributed by atoms with Crippen LogP contribution >= 0.6 is 0 Å². The Morgan fingerprint density at radius 2 is 1.74 bits per heavy atom. The van der Waals surface area contributed by atoms with Crippen molar-refractivity contribution < 1.29 is 49.0 Å². The number of rotatable bonds is 16. The monoisotopic (exact) mass is 737 g/mol. The molecule has 0 amide bonds. The van der Waals surface area contributed by atoms with Crippen LogP contribution in [0.15, 0.2) is 18.2 Å². The van der Waals surface area contributed by atoms with Crippen molar-refractivity contribution in [3.8, 4) is 5.75 Å². The molecule has 0 spiro atoms. The zero-order chi connectivity index (χ0) is 36.3. The highest BCUT2D eigenvalue weighted by molar-refractivity contribution is 7.91. The second-order valence-electron chi connectivity index (χ2n) is 15.5. The highest BCUT2D eigenvalue weighted by Gasteiger charge is 2.60. The molecule has 1 heterocycles. The molecule has 0 N–H and O–H groups in total. The van der Waals surface area contributed by atoms with E-state index in [9.17, 15) is 35.2 Å². The van der Waals surface area contributed by atoms with Crippen LogP contribution in [-0.2, 0) is 25.8 Å². The number of carbonyl (C=O) groups excluding carboxylic acids is 1. The number of carbonyl (C=O) groups is 1. The Balaban J connectivity index is 1.12. The smallest absolute Gasteiger partial charge is 0.453 e. The summed E-state index contributed by atoms with van der Waals surface area (Å²) < 4.78 is 116. The number of benzene rings is 1. The van der Waals surface area contributed by atoms with Gasteiger partial charge in [0.15, 0.2) is 6.29 Å². The van der Waals surface area contributed by atoms with Gasteiger partial charge in [0.1, 0.15) is 27.5 Å². The third kappa shape index (κ3) is 9.19. The Labute approximate surface area is 292 Å². The van der Waals surface area contributed by atoms with Gasteiger partial charge in [-0.3, -0.25) is 4.79 Å². The Hall–Kier alpha value is -1.86. The minimum atomic E-state index is -5.68. The van der Waals surface area contributed by atoms with E-state index in [4.69, 9.17) is 9.47 Å². The number of ether oxygens (including phenoxy) is 2. The van der Waals surface area contributed by atoms with E-state index in [1.807, 2.05) is 31.0 Å². The van der Waals surface area contributed by atoms with Gasteiger partial charge in [0, 0.05) is 30.6 Å². The minimum absolute atomic E-state index is 0.0976. The summed E-state index contributed by atoms with van der Waals surface area (Å²) in [6, 6.07) is 6.06. The molecule has 2 saturated carbocycles. The molecule has 13 heteroatoms. The number of hydrogen-bond acceptors (Lipinski definition) is 6. The zero-order valence-electron chi connectivity index (χ0n) is 29.3. The molecule has 3 fully saturated rings. The van der Waals surface area contributed by atoms with E-state index >= 15 is 4.39 Å². The molecule has 1 saturated heterocycles. The molecule has 284 valence electrons. The summed E-state index contributed by atoms with van der Waals surface area (Å²) in [6.07, 6.45) is -0.0331. The van der Waals surface area contributed by atoms with E-state index in [0.29, 0.717) is 19.6 Å². The van der Waals surface area contributed by atoms with Crippen molar-refractivity contribution in [2.24, 2.45) is 23.2 Å². The van der Waals surface area contributed by atoms with Gasteiger partial charge in [0.05, 0.1) is 18.1 Å². The molecular formula is C37H53F6NO5S. The van der Waals surface area contributed by atoms with E-state index in [2.05, 4.69) is 6.07 Å². The fourth-order valence-corrected chi connectivity index (χ4v) is 10.6. The SMILES string of the molecule is CN(CCCCC[C@@H]1Cc2cc(OC3CCCCO3)ccc2[C@@H]2[C@@H]1[C@@H]1CCC(=O)[C@@]1(C)C[C@@H]2F)CCCS(=O)(=O)CCCC(F)(F)C(F)(F)F. The molecule has 0 aromatic heterocycles. The maximum atomic E-state index is 16.2. The van der Waals surface area contributed by atoms with Crippen molar-refractivity contribution in [1.29, 1.82) is 0 Å². The summed E-state index contributed by atoms with van der Waals surface area (Å²) in [5.41, 5.74) is 1.58. The van der Waals surface area contributed by atoms with E-state index in [0.717, 1.165) is 81.2 Å². The number of hydrogen-bond donors (Lipinski definition) is 0. The fraction of sp³-hybridized carbons (Fsp3) is 0.811. The quantitative estimate of drug-likeness (QED) is 0.125. The van der Waals surface area contributed by atoms with Gasteiger partial charge in [-0.2, -0.15) is 22.0 Å². The molecule has 4 aliphatic rings. The minimum Gasteiger partial charge on any atom is -0.465 e. The van der Waals surface area contributed by atoms with Crippen LogP contribution in [0.5, 0.6) is 5.75 Å². The first-order valence-corrected chi connectivity index (χ1v) is 20.2. The lowest BCUT2D eigenvalue weighted by molar-refractivity contribution is -0.284. The van der Waals surface area contributed by atoms with Crippen LogP contribution in [0.2, 0.25) is 0 Å². The number of unbranched alkanes of at least 4 members (excludes halogenated alkanes) is 2. The average Bonchev–Trinajstić information content (AvgIpc) is 3.33. The van der Waals surface area contributed by atoms with E-state index in [-0.39, 0.29) is 54.3 Å². The first kappa shape index (κ1) is 39.3. The molecule has 1 aromatic carbocycles. The maximum Gasteiger partial charge on any atom is 0.453 e. The molecule has 0 bridgehead atoms. The fourth-order valence-electron chi connectivity index (χ4n) is 9.24. The molecular weight excluding hydrogens is 684 g/mol. The van der Waals surface area contributed by atoms with Crippen LogP contribution in [0.25, 0.3) is 0 Å². The number of sulfone groups is 1. The van der Waals surface area contributed by atoms with Gasteiger partial charge in [-0.15, -0.1) is 0 Å². The Morgan fingerprint density at radius 1 is 1.00 bits per heavy atom. The van der Waals surface area contributed by atoms with Crippen LogP contribution in [0.4, 0.5) is 26.3 Å². The summed E-state index contributed by atoms with van der Waals surface area (Å²) in [7, 11) is -1.86. The predicted octanol–water partition coefficient (Wildman–Crippen LogP) is 8.47. The second kappa shape index (κ2) is 16.0. The van der Waals surface area contributed by atoms with Crippen LogP contribution < -0.4 is 4.74 Å². The summed E-state index contributed by atoms with van der Waals surface area (Å²) in [6.45, 7) is 3.86. The summed E-state index contributed by atoms with van der Waals surface area (Å²) >= 11 is 0. The topological polar surface area (TPSA) is 72.9 Å². The van der Waals surface area contributed by atoms with Crippen molar-refractivity contribution >= 4 is 15.6 Å². The molecule has 0 radical (unpaired) electrons. The van der Waals surface area contributed by atoms with Crippen LogP contribution in [0, 0.1) is 23.2 Å². The maximum absolute atomic E-state index is 16.2. The van der Waals surface area contributed by atoms with E-state index < -0.39 is 52.1 Å². The Bertz CT molecular complexity index is 1420. The lowest BCUT2D eigenvalue weighted by atomic mass is 9.51. The largest absolute Gasteiger partial charge is 0.465 e. The second-order valence-corrected chi connectivity index (χ2v) is 17.8. The lowest BCUT2D eigenvalue weighted by Crippen LogP contribution is -2.50. The van der Waals surface area contributed by atoms with Crippen molar-refractivity contribution in [3.63, 3.8) is 0 Å². The summed E-state index contributed by atoms with van der Waals surface area (Å²) in [5.74, 6) is -4.65. The van der Waals surface area contributed by atoms with Gasteiger partial charge in [-0.05, 0) is 119 Å². The number of ketones is 1. The van der Waals surface area contributed by atoms with E-state index in [1.165, 1.54) is 0 Å². The number of alkyl halides is 6. The Morgan fingerprint density at radius 3 is 2.46 bits per heavy atom. The summed E-state index contributed by atoms with van der Waals surface area (Å²) in [5, 5.41) is 0. The third-order valence-electron chi connectivity index (χ3n) is 11.9. The van der Waals surface area contributed by atoms with Crippen molar-refractivity contribution in [2.45, 2.75) is 127 Å². The molecule has 5 rings (SSSR count). The van der Waals surface area contributed by atoms with Gasteiger partial charge in [-0.25, -0.2) is 12.8 Å². The zero-order valence-corrected chi connectivity index (χ0v) is 30.1. The van der Waals surface area contributed by atoms with E-state index in [1.54, 1.807) is 0 Å². The molecule has 1 aliphatic heterocycles. The van der Waals surface area contributed by atoms with Gasteiger partial charge in [-0.1, -0.05) is 25.8 Å². The summed E-state index contributed by atoms with van der Waals surface area (Å²) in [4.78, 5) is 15.0. The number of Topliss-reactive ketones (excluding diaryl/α,β-unsaturated/α-hetero) is 1. The molecule has 50 heavy (non-hydrogen) atoms. The standard InChI is InChI=1S/C37H53F6NO5S/c1-35-24-30(38)34-28-13-12-27(49-32-11-5-7-19-48-32)23-26(28)22-25(33(34)29(35)14-15-31(35)45)10-4-3-6-17-44(2)18-9-21-50(46,47)20-8-16-36(39,40)37(41,42)43/h12-13,23,25,29-30,32-34H,3-11,14-22,24H2,1-2H3/t25-,29+,30+,32?,33+,34+,35+/m1/s1. The number of halogens is 6. The van der Waals surface area contributed by atoms with Gasteiger partial charge >= 0.3 is 12.1 Å². The van der Waals surface area contributed by atoms with Gasteiger partial charge in [0.2, 0.25) is 0 Å². The van der Waals surface area contributed by atoms with Gasteiger partial charge < -0.3 is 14.4 Å². The molecule has 1 aromatic rings. The van der Waals surface area contributed by atoms with Crippen LogP contribution in [0.1, 0.15) is 107 Å². The van der Waals surface area contributed by atoms with Crippen molar-refractivity contribution in [1.82, 2.24) is 4.90 Å². The predicted molar refractivity (Wildman–Crippen MR) is 179 cm³/mol. The normalized spacial score (nSPS) is 30.2. The average molecular weight is 738 g/mol. The van der Waals surface area contributed by atoms with Gasteiger partial charge in [0.25, 0.3) is 0 Å². The number of nitrogens with zero attached hydrogens (tertiary/aromatic N) is 1. The highest BCUT2D eigenvalue weighted by atomic mass is 32.2. The Kier molecular flexibility index (Phi) is 12.6. The highest BCUT2D eigenvalue weighted by Crippen LogP contribution is 2.62. The van der Waals surface area contributed by atoms with Crippen molar-refractivity contribution in [3.05, 3.63) is 29.3 Å². The lowest BCUT2D eigenvalue weighted by Gasteiger charge is -2.53. The van der Waals surface area contributed by atoms with Crippen LogP contribution in [-0.4, -0.2) is 81.9 Å². The first-order valence-electron chi connectivity index (χ1n) is 18.4. The first-order chi connectivity index (χ1) is 23.5. The van der Waals surface area contributed by atoms with Crippen molar-refractivity contribution in [2.75, 3.05) is 38.2 Å².